The highest BCUT2D eigenvalue weighted by atomic mass is 32.1. The van der Waals surface area contributed by atoms with Gasteiger partial charge in [0.05, 0.1) is 6.54 Å². The minimum atomic E-state index is 0.829. The van der Waals surface area contributed by atoms with Gasteiger partial charge in [0, 0.05) is 38.3 Å². The summed E-state index contributed by atoms with van der Waals surface area (Å²) in [4.78, 5) is 7.77. The summed E-state index contributed by atoms with van der Waals surface area (Å²) in [5.74, 6) is 0.866. The van der Waals surface area contributed by atoms with Gasteiger partial charge in [0.2, 0.25) is 0 Å². The molecule has 0 aliphatic carbocycles. The average Bonchev–Trinajstić information content (AvgIpc) is 2.99. The van der Waals surface area contributed by atoms with Crippen LogP contribution in [-0.2, 0) is 13.0 Å². The molecule has 0 amide bonds. The van der Waals surface area contributed by atoms with Gasteiger partial charge in [-0.25, -0.2) is 0 Å². The first-order valence-electron chi connectivity index (χ1n) is 8.34. The Labute approximate surface area is 149 Å². The Morgan fingerprint density at radius 1 is 1.12 bits per heavy atom. The summed E-state index contributed by atoms with van der Waals surface area (Å²) >= 11 is 1.78. The van der Waals surface area contributed by atoms with Gasteiger partial charge in [-0.1, -0.05) is 12.1 Å². The summed E-state index contributed by atoms with van der Waals surface area (Å²) in [6.45, 7) is 3.89. The molecule has 0 saturated carbocycles. The van der Waals surface area contributed by atoms with Crippen LogP contribution in [0.15, 0.2) is 40.7 Å². The molecule has 0 aliphatic rings. The lowest BCUT2D eigenvalue weighted by molar-refractivity contribution is 0.743. The standard InChI is InChI=1S/C19H28N4S/c1-15-11-13-24-18(15)14-22-19(20-2)21-12-5-6-16-7-9-17(10-8-16)23(3)4/h7-11,13H,5-6,12,14H2,1-4H3,(H2,20,21,22). The zero-order valence-electron chi connectivity index (χ0n) is 15.1. The van der Waals surface area contributed by atoms with Gasteiger partial charge in [-0.2, -0.15) is 0 Å². The number of anilines is 1. The van der Waals surface area contributed by atoms with Crippen molar-refractivity contribution in [2.24, 2.45) is 4.99 Å². The van der Waals surface area contributed by atoms with Crippen LogP contribution in [0.1, 0.15) is 22.4 Å². The fraction of sp³-hybridized carbons (Fsp3) is 0.421. The number of nitrogens with one attached hydrogen (secondary N) is 2. The lowest BCUT2D eigenvalue weighted by Gasteiger charge is -2.13. The minimum absolute atomic E-state index is 0.829. The largest absolute Gasteiger partial charge is 0.378 e. The van der Waals surface area contributed by atoms with Gasteiger partial charge >= 0.3 is 0 Å². The first-order chi connectivity index (χ1) is 11.6. The van der Waals surface area contributed by atoms with Crippen LogP contribution in [0.4, 0.5) is 5.69 Å². The van der Waals surface area contributed by atoms with Crippen LogP contribution in [0.5, 0.6) is 0 Å². The number of guanidine groups is 1. The molecule has 1 aromatic carbocycles. The highest BCUT2D eigenvalue weighted by molar-refractivity contribution is 7.10. The highest BCUT2D eigenvalue weighted by Crippen LogP contribution is 2.15. The molecule has 0 unspecified atom stereocenters. The maximum absolute atomic E-state index is 4.29. The number of thiophene rings is 1. The second-order valence-corrected chi connectivity index (χ2v) is 7.04. The molecule has 24 heavy (non-hydrogen) atoms. The molecule has 0 aliphatic heterocycles. The molecule has 0 spiro atoms. The number of benzene rings is 1. The molecule has 4 nitrogen and oxygen atoms in total. The molecule has 1 aromatic heterocycles. The van der Waals surface area contributed by atoms with E-state index in [2.05, 4.69) is 77.3 Å². The fourth-order valence-electron chi connectivity index (χ4n) is 2.43. The molecular weight excluding hydrogens is 316 g/mol. The molecular formula is C19H28N4S. The van der Waals surface area contributed by atoms with Crippen LogP contribution in [-0.4, -0.2) is 33.6 Å². The molecule has 0 fully saturated rings. The highest BCUT2D eigenvalue weighted by Gasteiger charge is 2.02. The monoisotopic (exact) mass is 344 g/mol. The van der Waals surface area contributed by atoms with E-state index in [1.807, 2.05) is 7.05 Å². The van der Waals surface area contributed by atoms with Crippen molar-refractivity contribution in [3.05, 3.63) is 51.7 Å². The predicted octanol–water partition coefficient (Wildman–Crippen LogP) is 3.42. The second kappa shape index (κ2) is 9.33. The van der Waals surface area contributed by atoms with E-state index in [-0.39, 0.29) is 0 Å². The molecule has 0 bridgehead atoms. The Morgan fingerprint density at radius 2 is 1.88 bits per heavy atom. The maximum Gasteiger partial charge on any atom is 0.191 e. The first-order valence-corrected chi connectivity index (χ1v) is 9.22. The van der Waals surface area contributed by atoms with Gasteiger partial charge in [0.25, 0.3) is 0 Å². The summed E-state index contributed by atoms with van der Waals surface area (Å²) in [7, 11) is 5.95. The topological polar surface area (TPSA) is 39.7 Å². The number of aliphatic imine (C=N–C) groups is 1. The lowest BCUT2D eigenvalue weighted by atomic mass is 10.1. The lowest BCUT2D eigenvalue weighted by Crippen LogP contribution is -2.37. The fourth-order valence-corrected chi connectivity index (χ4v) is 3.28. The van der Waals surface area contributed by atoms with Crippen molar-refractivity contribution in [1.82, 2.24) is 10.6 Å². The number of nitrogens with zero attached hydrogens (tertiary/aromatic N) is 2. The molecule has 0 saturated heterocycles. The predicted molar refractivity (Wildman–Crippen MR) is 106 cm³/mol. The van der Waals surface area contributed by atoms with Gasteiger partial charge in [-0.3, -0.25) is 4.99 Å². The van der Waals surface area contributed by atoms with Crippen molar-refractivity contribution in [2.75, 3.05) is 32.6 Å². The van der Waals surface area contributed by atoms with Crippen LogP contribution in [0.3, 0.4) is 0 Å². The quantitative estimate of drug-likeness (QED) is 0.459. The van der Waals surface area contributed by atoms with Crippen molar-refractivity contribution >= 4 is 23.0 Å². The van der Waals surface area contributed by atoms with Crippen LogP contribution in [0.25, 0.3) is 0 Å². The van der Waals surface area contributed by atoms with Gasteiger partial charge in [0.15, 0.2) is 5.96 Å². The summed E-state index contributed by atoms with van der Waals surface area (Å²) in [5, 5.41) is 8.89. The third-order valence-electron chi connectivity index (χ3n) is 4.00. The molecule has 5 heteroatoms. The van der Waals surface area contributed by atoms with E-state index in [1.165, 1.54) is 21.7 Å². The van der Waals surface area contributed by atoms with E-state index in [4.69, 9.17) is 0 Å². The Balaban J connectivity index is 1.69. The van der Waals surface area contributed by atoms with Crippen molar-refractivity contribution in [3.8, 4) is 0 Å². The Bertz CT molecular complexity index is 644. The third kappa shape index (κ3) is 5.57. The summed E-state index contributed by atoms with van der Waals surface area (Å²) in [6.07, 6.45) is 2.15. The van der Waals surface area contributed by atoms with E-state index in [0.717, 1.165) is 31.9 Å². The third-order valence-corrected chi connectivity index (χ3v) is 5.02. The van der Waals surface area contributed by atoms with E-state index in [1.54, 1.807) is 11.3 Å². The zero-order valence-corrected chi connectivity index (χ0v) is 15.9. The first kappa shape index (κ1) is 18.3. The minimum Gasteiger partial charge on any atom is -0.378 e. The van der Waals surface area contributed by atoms with Crippen molar-refractivity contribution in [2.45, 2.75) is 26.3 Å². The second-order valence-electron chi connectivity index (χ2n) is 6.04. The van der Waals surface area contributed by atoms with E-state index in [9.17, 15) is 0 Å². The van der Waals surface area contributed by atoms with Gasteiger partial charge < -0.3 is 15.5 Å². The summed E-state index contributed by atoms with van der Waals surface area (Å²) < 4.78 is 0. The Kier molecular flexibility index (Phi) is 7.12. The molecule has 1 heterocycles. The summed E-state index contributed by atoms with van der Waals surface area (Å²) in [6, 6.07) is 10.9. The smallest absolute Gasteiger partial charge is 0.191 e. The number of rotatable bonds is 7. The van der Waals surface area contributed by atoms with Crippen LogP contribution in [0, 0.1) is 6.92 Å². The molecule has 0 atom stereocenters. The number of aryl methyl sites for hydroxylation is 2. The molecule has 2 N–H and O–H groups in total. The summed E-state index contributed by atoms with van der Waals surface area (Å²) in [5.41, 5.74) is 3.95. The van der Waals surface area contributed by atoms with E-state index in [0.29, 0.717) is 0 Å². The molecule has 2 aromatic rings. The molecule has 130 valence electrons. The van der Waals surface area contributed by atoms with Crippen molar-refractivity contribution in [3.63, 3.8) is 0 Å². The normalized spacial score (nSPS) is 11.4. The number of hydrogen-bond acceptors (Lipinski definition) is 3. The van der Waals surface area contributed by atoms with Crippen molar-refractivity contribution in [1.29, 1.82) is 0 Å². The van der Waals surface area contributed by atoms with Crippen LogP contribution >= 0.6 is 11.3 Å². The zero-order chi connectivity index (χ0) is 17.4. The molecule has 2 rings (SSSR count). The van der Waals surface area contributed by atoms with E-state index >= 15 is 0 Å². The Morgan fingerprint density at radius 3 is 2.46 bits per heavy atom. The maximum atomic E-state index is 4.29. The van der Waals surface area contributed by atoms with Gasteiger partial charge in [-0.15, -0.1) is 11.3 Å². The van der Waals surface area contributed by atoms with Crippen LogP contribution < -0.4 is 15.5 Å². The average molecular weight is 345 g/mol. The Hall–Kier alpha value is -2.01. The van der Waals surface area contributed by atoms with E-state index < -0.39 is 0 Å². The molecule has 0 radical (unpaired) electrons. The van der Waals surface area contributed by atoms with Crippen molar-refractivity contribution < 1.29 is 0 Å². The van der Waals surface area contributed by atoms with Crippen LogP contribution in [0.2, 0.25) is 0 Å². The van der Waals surface area contributed by atoms with Gasteiger partial charge in [0.1, 0.15) is 0 Å². The number of hydrogen-bond donors (Lipinski definition) is 2. The van der Waals surface area contributed by atoms with Gasteiger partial charge in [-0.05, 0) is 54.5 Å². The SMILES string of the molecule is CN=C(NCCCc1ccc(N(C)C)cc1)NCc1sccc1C.